The molecule has 0 fully saturated rings. The molecule has 0 N–H and O–H groups in total. The number of unbranched alkanes of at least 4 members (excludes halogenated alkanes) is 3. The van der Waals surface area contributed by atoms with E-state index in [2.05, 4.69) is 101 Å². The van der Waals surface area contributed by atoms with Gasteiger partial charge in [-0.05, 0) is 0 Å². The van der Waals surface area contributed by atoms with Crippen molar-refractivity contribution in [2.24, 2.45) is 0 Å². The predicted molar refractivity (Wildman–Crippen MR) is 162 cm³/mol. The van der Waals surface area contributed by atoms with Crippen LogP contribution in [0.1, 0.15) is 85.6 Å². The Bertz CT molecular complexity index is 803. The van der Waals surface area contributed by atoms with Crippen molar-refractivity contribution in [2.45, 2.75) is 109 Å². The van der Waals surface area contributed by atoms with Crippen molar-refractivity contribution >= 4 is 35.2 Å². The summed E-state index contributed by atoms with van der Waals surface area (Å²) in [5.74, 6) is 0. The first kappa shape index (κ1) is 29.7. The third-order valence-corrected chi connectivity index (χ3v) is 36.7. The van der Waals surface area contributed by atoms with Crippen LogP contribution in [0, 0.1) is 0 Å². The molecular formula is C32H52GeSn. The summed E-state index contributed by atoms with van der Waals surface area (Å²) in [6.07, 6.45) is 8.35. The van der Waals surface area contributed by atoms with Gasteiger partial charge in [0.05, 0.1) is 0 Å². The van der Waals surface area contributed by atoms with Crippen LogP contribution in [0.15, 0.2) is 59.5 Å². The van der Waals surface area contributed by atoms with Crippen molar-refractivity contribution in [3.8, 4) is 11.1 Å². The van der Waals surface area contributed by atoms with Gasteiger partial charge in [0, 0.05) is 0 Å². The van der Waals surface area contributed by atoms with Crippen molar-refractivity contribution in [1.29, 1.82) is 0 Å². The van der Waals surface area contributed by atoms with E-state index in [0.717, 1.165) is 0 Å². The van der Waals surface area contributed by atoms with Crippen LogP contribution in [0.2, 0.25) is 29.1 Å². The van der Waals surface area contributed by atoms with Crippen molar-refractivity contribution in [3.05, 3.63) is 65.1 Å². The quantitative estimate of drug-likeness (QED) is 0.162. The van der Waals surface area contributed by atoms with Gasteiger partial charge in [0.25, 0.3) is 0 Å². The molecule has 0 aliphatic heterocycles. The van der Waals surface area contributed by atoms with Gasteiger partial charge in [-0.25, -0.2) is 0 Å². The van der Waals surface area contributed by atoms with E-state index in [1.165, 1.54) is 65.4 Å². The molecule has 188 valence electrons. The van der Waals surface area contributed by atoms with Crippen LogP contribution in [0.5, 0.6) is 0 Å². The molecule has 0 heterocycles. The monoisotopic (exact) mass is 630 g/mol. The standard InChI is InChI=1S/C20H25Ge.3C4H9.Sn/c1-4-21(5-2,6-3)17-16-18-12-14-20(15-13-18)19-10-8-7-9-11-19;3*1-3-4-2;/h7-15,17H,4-6H2,1-3H3;3*1,3-4H2,2H3;. The molecule has 0 saturated carbocycles. The minimum absolute atomic E-state index is 1.33. The van der Waals surface area contributed by atoms with E-state index in [4.69, 9.17) is 0 Å². The summed E-state index contributed by atoms with van der Waals surface area (Å²) < 4.78 is 6.64. The summed E-state index contributed by atoms with van der Waals surface area (Å²) in [6, 6.07) is 20.7. The molecule has 0 amide bonds. The van der Waals surface area contributed by atoms with Gasteiger partial charge >= 0.3 is 221 Å². The minimum atomic E-state index is -2.56. The van der Waals surface area contributed by atoms with Crippen LogP contribution in [-0.2, 0) is 0 Å². The van der Waals surface area contributed by atoms with Gasteiger partial charge in [-0.3, -0.25) is 0 Å². The van der Waals surface area contributed by atoms with Crippen LogP contribution in [0.3, 0.4) is 0 Å². The van der Waals surface area contributed by atoms with Crippen LogP contribution in [-0.4, -0.2) is 31.6 Å². The molecule has 0 atom stereocenters. The van der Waals surface area contributed by atoms with E-state index in [0.29, 0.717) is 0 Å². The average Bonchev–Trinajstić information content (AvgIpc) is 2.90. The SMILES string of the molecule is CCC[CH2][Sn]([CH2]CCC)([CH2]CCC)/[C](=[CH]/[Ge]([CH2]C)([CH2]C)[CH2]C)c1ccc(-c2ccccc2)cc1. The van der Waals surface area contributed by atoms with Crippen LogP contribution < -0.4 is 0 Å². The van der Waals surface area contributed by atoms with Gasteiger partial charge < -0.3 is 0 Å². The zero-order valence-corrected chi connectivity index (χ0v) is 28.2. The topological polar surface area (TPSA) is 0 Å². The fourth-order valence-corrected chi connectivity index (χ4v) is 37.0. The van der Waals surface area contributed by atoms with Crippen LogP contribution in [0.4, 0.5) is 0 Å². The molecule has 2 aromatic rings. The number of rotatable bonds is 16. The van der Waals surface area contributed by atoms with Gasteiger partial charge in [-0.2, -0.15) is 0 Å². The molecule has 2 aromatic carbocycles. The fourth-order valence-electron chi connectivity index (χ4n) is 5.70. The summed E-state index contributed by atoms with van der Waals surface area (Å²) in [7, 11) is 0. The maximum absolute atomic E-state index is 3.05. The molecule has 0 aliphatic carbocycles. The Kier molecular flexibility index (Phi) is 13.6. The molecular weight excluding hydrogens is 576 g/mol. The molecule has 2 rings (SSSR count). The van der Waals surface area contributed by atoms with Gasteiger partial charge in [0.15, 0.2) is 0 Å². The zero-order valence-electron chi connectivity index (χ0n) is 23.3. The molecule has 0 bridgehead atoms. The van der Waals surface area contributed by atoms with Crippen molar-refractivity contribution in [3.63, 3.8) is 0 Å². The Morgan fingerprint density at radius 1 is 0.618 bits per heavy atom. The molecule has 0 saturated heterocycles. The zero-order chi connectivity index (χ0) is 24.9. The summed E-state index contributed by atoms with van der Waals surface area (Å²) in [4.78, 5) is 3.05. The van der Waals surface area contributed by atoms with Gasteiger partial charge in [-0.15, -0.1) is 0 Å². The van der Waals surface area contributed by atoms with Gasteiger partial charge in [-0.1, -0.05) is 0 Å². The van der Waals surface area contributed by atoms with Crippen molar-refractivity contribution < 1.29 is 0 Å². The number of hydrogen-bond acceptors (Lipinski definition) is 0. The third kappa shape index (κ3) is 8.02. The summed E-state index contributed by atoms with van der Waals surface area (Å²) in [5.41, 5.74) is 4.29. The van der Waals surface area contributed by atoms with Gasteiger partial charge in [0.2, 0.25) is 0 Å². The van der Waals surface area contributed by atoms with E-state index in [9.17, 15) is 0 Å². The Balaban J connectivity index is 2.68. The first-order chi connectivity index (χ1) is 16.5. The maximum atomic E-state index is 3.05. The number of hydrogen-bond donors (Lipinski definition) is 0. The molecule has 0 spiro atoms. The Hall–Kier alpha value is -0.478. The van der Waals surface area contributed by atoms with Crippen LogP contribution >= 0.6 is 0 Å². The van der Waals surface area contributed by atoms with E-state index in [1.807, 2.05) is 3.59 Å². The van der Waals surface area contributed by atoms with Crippen LogP contribution in [0.25, 0.3) is 14.7 Å². The molecule has 0 nitrogen and oxygen atoms in total. The Morgan fingerprint density at radius 3 is 1.47 bits per heavy atom. The molecule has 2 heteroatoms. The summed E-state index contributed by atoms with van der Waals surface area (Å²) in [6.45, 7) is 14.7. The molecule has 0 aromatic heterocycles. The van der Waals surface area contributed by atoms with E-state index in [1.54, 1.807) is 18.9 Å². The second kappa shape index (κ2) is 15.6. The van der Waals surface area contributed by atoms with E-state index < -0.39 is 31.6 Å². The van der Waals surface area contributed by atoms with E-state index in [-0.39, 0.29) is 0 Å². The van der Waals surface area contributed by atoms with Gasteiger partial charge in [0.1, 0.15) is 0 Å². The molecule has 34 heavy (non-hydrogen) atoms. The fraction of sp³-hybridized carbons (Fsp3) is 0.562. The Morgan fingerprint density at radius 2 is 1.06 bits per heavy atom. The second-order valence-electron chi connectivity index (χ2n) is 10.5. The average molecular weight is 628 g/mol. The number of benzene rings is 2. The summed E-state index contributed by atoms with van der Waals surface area (Å²) >= 11 is -4.54. The Labute approximate surface area is 219 Å². The van der Waals surface area contributed by atoms with Crippen molar-refractivity contribution in [1.82, 2.24) is 0 Å². The summed E-state index contributed by atoms with van der Waals surface area (Å²) in [5, 5.41) is 4.32. The second-order valence-corrected chi connectivity index (χ2v) is 34.4. The first-order valence-electron chi connectivity index (χ1n) is 14.4. The third-order valence-electron chi connectivity index (χ3n) is 8.46. The van der Waals surface area contributed by atoms with E-state index >= 15 is 0 Å². The molecule has 0 radical (unpaired) electrons. The molecule has 0 unspecified atom stereocenters. The first-order valence-corrected chi connectivity index (χ1v) is 27.6. The van der Waals surface area contributed by atoms with Crippen molar-refractivity contribution in [2.75, 3.05) is 0 Å². The normalized spacial score (nSPS) is 12.8. The molecule has 0 aliphatic rings. The predicted octanol–water partition coefficient (Wildman–Crippen LogP) is 11.2.